The van der Waals surface area contributed by atoms with Gasteiger partial charge in [-0.3, -0.25) is 4.79 Å². The molecule has 4 rings (SSSR count). The molecule has 0 aliphatic carbocycles. The van der Waals surface area contributed by atoms with Gasteiger partial charge in [0, 0.05) is 11.3 Å². The summed E-state index contributed by atoms with van der Waals surface area (Å²) in [6.45, 7) is 0.137. The fourth-order valence-corrected chi connectivity index (χ4v) is 3.00. The summed E-state index contributed by atoms with van der Waals surface area (Å²) in [5, 5.41) is 12.0. The summed E-state index contributed by atoms with van der Waals surface area (Å²) in [5.41, 5.74) is 1.88. The van der Waals surface area contributed by atoms with Crippen molar-refractivity contribution in [2.75, 3.05) is 12.1 Å². The van der Waals surface area contributed by atoms with Gasteiger partial charge < -0.3 is 19.9 Å². The molecule has 24 heavy (non-hydrogen) atoms. The lowest BCUT2D eigenvalue weighted by molar-refractivity contribution is -0.110. The number of hydrogen-bond acceptors (Lipinski definition) is 4. The SMILES string of the molecule is O=C1Nc2ccc(C(=O)O)cc2C1=C(Cl)c1ccc2c(c1)OCO2. The quantitative estimate of drug-likeness (QED) is 0.818. The molecule has 7 heteroatoms. The summed E-state index contributed by atoms with van der Waals surface area (Å²) < 4.78 is 10.6. The molecule has 0 radical (unpaired) electrons. The number of nitrogens with one attached hydrogen (secondary N) is 1. The second kappa shape index (κ2) is 5.28. The Morgan fingerprint density at radius 3 is 2.62 bits per heavy atom. The Balaban J connectivity index is 1.86. The highest BCUT2D eigenvalue weighted by molar-refractivity contribution is 6.59. The van der Waals surface area contributed by atoms with Crippen LogP contribution in [0.4, 0.5) is 5.69 Å². The van der Waals surface area contributed by atoms with Gasteiger partial charge in [0.2, 0.25) is 6.79 Å². The minimum absolute atomic E-state index is 0.0814. The van der Waals surface area contributed by atoms with E-state index in [1.807, 2.05) is 0 Å². The van der Waals surface area contributed by atoms with Crippen LogP contribution in [0.3, 0.4) is 0 Å². The minimum atomic E-state index is -1.07. The van der Waals surface area contributed by atoms with E-state index < -0.39 is 5.97 Å². The van der Waals surface area contributed by atoms with Gasteiger partial charge in [0.25, 0.3) is 5.91 Å². The summed E-state index contributed by atoms with van der Waals surface area (Å²) in [4.78, 5) is 23.5. The third-order valence-electron chi connectivity index (χ3n) is 3.86. The first-order chi connectivity index (χ1) is 11.5. The Bertz CT molecular complexity index is 935. The number of benzene rings is 2. The lowest BCUT2D eigenvalue weighted by atomic mass is 10.0. The number of hydrogen-bond donors (Lipinski definition) is 2. The van der Waals surface area contributed by atoms with Crippen molar-refractivity contribution < 1.29 is 24.2 Å². The van der Waals surface area contributed by atoms with Gasteiger partial charge in [-0.1, -0.05) is 11.6 Å². The molecule has 2 aromatic carbocycles. The summed E-state index contributed by atoms with van der Waals surface area (Å²) in [6, 6.07) is 9.52. The van der Waals surface area contributed by atoms with Crippen molar-refractivity contribution in [1.29, 1.82) is 0 Å². The standard InChI is InChI=1S/C17H10ClNO5/c18-15(8-2-4-12-13(6-8)24-7-23-12)14-10-5-9(17(21)22)1-3-11(10)19-16(14)20/h1-6H,7H2,(H,19,20)(H,21,22). The Morgan fingerprint density at radius 1 is 1.08 bits per heavy atom. The molecule has 2 aliphatic rings. The van der Waals surface area contributed by atoms with Gasteiger partial charge in [-0.2, -0.15) is 0 Å². The van der Waals surface area contributed by atoms with Crippen molar-refractivity contribution in [2.45, 2.75) is 0 Å². The molecule has 6 nitrogen and oxygen atoms in total. The number of carboxylic acid groups (broad SMARTS) is 1. The fraction of sp³-hybridized carbons (Fsp3) is 0.0588. The molecular formula is C17H10ClNO5. The monoisotopic (exact) mass is 343 g/mol. The van der Waals surface area contributed by atoms with Crippen LogP contribution in [0.2, 0.25) is 0 Å². The van der Waals surface area contributed by atoms with Crippen LogP contribution in [-0.2, 0) is 4.79 Å². The maximum absolute atomic E-state index is 12.3. The predicted molar refractivity (Wildman–Crippen MR) is 87.3 cm³/mol. The highest BCUT2D eigenvalue weighted by Gasteiger charge is 2.29. The summed E-state index contributed by atoms with van der Waals surface area (Å²) in [5.74, 6) is -0.298. The van der Waals surface area contributed by atoms with Gasteiger partial charge in [0.1, 0.15) is 0 Å². The molecule has 0 unspecified atom stereocenters. The van der Waals surface area contributed by atoms with Gasteiger partial charge in [-0.15, -0.1) is 0 Å². The second-order valence-corrected chi connectivity index (χ2v) is 5.65. The Labute approximate surface area is 141 Å². The zero-order valence-corrected chi connectivity index (χ0v) is 12.9. The lowest BCUT2D eigenvalue weighted by Gasteiger charge is -2.06. The van der Waals surface area contributed by atoms with Gasteiger partial charge in [0.15, 0.2) is 11.5 Å². The van der Waals surface area contributed by atoms with Crippen LogP contribution in [0.5, 0.6) is 11.5 Å². The van der Waals surface area contributed by atoms with E-state index in [9.17, 15) is 9.59 Å². The van der Waals surface area contributed by atoms with Crippen LogP contribution in [0.1, 0.15) is 21.5 Å². The van der Waals surface area contributed by atoms with Crippen LogP contribution in [0.15, 0.2) is 36.4 Å². The number of anilines is 1. The van der Waals surface area contributed by atoms with E-state index in [0.29, 0.717) is 28.3 Å². The largest absolute Gasteiger partial charge is 0.478 e. The van der Waals surface area contributed by atoms with Crippen molar-refractivity contribution in [3.05, 3.63) is 53.1 Å². The molecule has 2 aromatic rings. The van der Waals surface area contributed by atoms with E-state index in [0.717, 1.165) is 0 Å². The number of halogens is 1. The second-order valence-electron chi connectivity index (χ2n) is 5.28. The number of carboxylic acids is 1. The van der Waals surface area contributed by atoms with E-state index >= 15 is 0 Å². The maximum Gasteiger partial charge on any atom is 0.335 e. The normalized spacial score (nSPS) is 16.6. The molecule has 0 atom stereocenters. The van der Waals surface area contributed by atoms with Crippen LogP contribution >= 0.6 is 11.6 Å². The third kappa shape index (κ3) is 2.19. The van der Waals surface area contributed by atoms with E-state index in [1.165, 1.54) is 12.1 Å². The van der Waals surface area contributed by atoms with E-state index in [2.05, 4.69) is 5.32 Å². The maximum atomic E-state index is 12.3. The van der Waals surface area contributed by atoms with Crippen molar-refractivity contribution in [3.8, 4) is 11.5 Å². The summed E-state index contributed by atoms with van der Waals surface area (Å²) in [6.07, 6.45) is 0. The predicted octanol–water partition coefficient (Wildman–Crippen LogP) is 3.17. The topological polar surface area (TPSA) is 84.9 Å². The van der Waals surface area contributed by atoms with Crippen molar-refractivity contribution in [3.63, 3.8) is 0 Å². The molecule has 2 heterocycles. The highest BCUT2D eigenvalue weighted by Crippen LogP contribution is 2.41. The van der Waals surface area contributed by atoms with Crippen LogP contribution in [0, 0.1) is 0 Å². The Morgan fingerprint density at radius 2 is 1.83 bits per heavy atom. The van der Waals surface area contributed by atoms with Crippen molar-refractivity contribution in [1.82, 2.24) is 0 Å². The molecular weight excluding hydrogens is 334 g/mol. The van der Waals surface area contributed by atoms with Gasteiger partial charge in [0.05, 0.1) is 16.2 Å². The van der Waals surface area contributed by atoms with E-state index in [4.69, 9.17) is 26.2 Å². The van der Waals surface area contributed by atoms with Gasteiger partial charge in [-0.05, 0) is 42.0 Å². The lowest BCUT2D eigenvalue weighted by Crippen LogP contribution is -2.04. The number of ether oxygens (including phenoxy) is 2. The first-order valence-electron chi connectivity index (χ1n) is 7.03. The molecule has 0 saturated heterocycles. The molecule has 2 aliphatic heterocycles. The zero-order chi connectivity index (χ0) is 16.8. The van der Waals surface area contributed by atoms with Crippen molar-refractivity contribution >= 4 is 39.8 Å². The van der Waals surface area contributed by atoms with E-state index in [1.54, 1.807) is 24.3 Å². The molecule has 1 amide bonds. The smallest absolute Gasteiger partial charge is 0.335 e. The third-order valence-corrected chi connectivity index (χ3v) is 4.26. The zero-order valence-electron chi connectivity index (χ0n) is 12.1. The number of fused-ring (bicyclic) bond motifs is 2. The molecule has 0 saturated carbocycles. The number of amides is 1. The van der Waals surface area contributed by atoms with Gasteiger partial charge in [-0.25, -0.2) is 4.79 Å². The Hall–Kier alpha value is -2.99. The Kier molecular flexibility index (Phi) is 3.21. The molecule has 120 valence electrons. The van der Waals surface area contributed by atoms with Crippen LogP contribution in [0.25, 0.3) is 10.6 Å². The number of aromatic carboxylic acids is 1. The molecule has 0 aromatic heterocycles. The number of carbonyl (C=O) groups is 2. The first-order valence-corrected chi connectivity index (χ1v) is 7.41. The average Bonchev–Trinajstić information content (AvgIpc) is 3.15. The fourth-order valence-electron chi connectivity index (χ4n) is 2.70. The number of carbonyl (C=O) groups excluding carboxylic acids is 1. The van der Waals surface area contributed by atoms with Crippen molar-refractivity contribution in [2.24, 2.45) is 0 Å². The van der Waals surface area contributed by atoms with Crippen LogP contribution in [-0.4, -0.2) is 23.8 Å². The van der Waals surface area contributed by atoms with Crippen LogP contribution < -0.4 is 14.8 Å². The average molecular weight is 344 g/mol. The van der Waals surface area contributed by atoms with E-state index in [-0.39, 0.29) is 28.9 Å². The number of rotatable bonds is 2. The first kappa shape index (κ1) is 14.6. The molecule has 0 fully saturated rings. The molecule has 0 spiro atoms. The molecule has 0 bridgehead atoms. The summed E-state index contributed by atoms with van der Waals surface area (Å²) in [7, 11) is 0. The van der Waals surface area contributed by atoms with Gasteiger partial charge >= 0.3 is 5.97 Å². The molecule has 2 N–H and O–H groups in total. The highest BCUT2D eigenvalue weighted by atomic mass is 35.5. The summed E-state index contributed by atoms with van der Waals surface area (Å²) >= 11 is 6.44. The minimum Gasteiger partial charge on any atom is -0.478 e.